The van der Waals surface area contributed by atoms with Crippen LogP contribution in [-0.2, 0) is 0 Å². The fourth-order valence-electron chi connectivity index (χ4n) is 2.37. The molecule has 0 bridgehead atoms. The Morgan fingerprint density at radius 2 is 1.89 bits per heavy atom. The van der Waals surface area contributed by atoms with Crippen LogP contribution in [-0.4, -0.2) is 18.5 Å². The van der Waals surface area contributed by atoms with Crippen molar-refractivity contribution in [2.45, 2.75) is 31.7 Å². The lowest BCUT2D eigenvalue weighted by molar-refractivity contribution is 0.0942. The first kappa shape index (κ1) is 13.9. The summed E-state index contributed by atoms with van der Waals surface area (Å²) in [6.45, 7) is 0.560. The third kappa shape index (κ3) is 3.73. The van der Waals surface area contributed by atoms with Crippen LogP contribution in [0.3, 0.4) is 0 Å². The Morgan fingerprint density at radius 1 is 1.21 bits per heavy atom. The Hall–Kier alpha value is -1.49. The second-order valence-corrected chi connectivity index (χ2v) is 5.12. The Kier molecular flexibility index (Phi) is 4.47. The Balaban J connectivity index is 1.85. The monoisotopic (exact) mass is 268 g/mol. The van der Waals surface area contributed by atoms with Crippen molar-refractivity contribution in [3.05, 3.63) is 35.4 Å². The van der Waals surface area contributed by atoms with Crippen molar-refractivity contribution in [1.82, 2.24) is 5.32 Å². The van der Waals surface area contributed by atoms with Crippen LogP contribution in [0.2, 0.25) is 0 Å². The molecule has 1 aliphatic rings. The number of amides is 1. The van der Waals surface area contributed by atoms with Gasteiger partial charge in [0.1, 0.15) is 0 Å². The van der Waals surface area contributed by atoms with Crippen LogP contribution in [0.1, 0.15) is 36.0 Å². The van der Waals surface area contributed by atoms with Gasteiger partial charge >= 0.3 is 0 Å². The number of hydrogen-bond acceptors (Lipinski definition) is 2. The first-order valence-corrected chi connectivity index (χ1v) is 6.55. The normalized spacial score (nSPS) is 23.1. The second kappa shape index (κ2) is 6.10. The van der Waals surface area contributed by atoms with E-state index in [1.807, 2.05) is 0 Å². The molecule has 0 saturated heterocycles. The van der Waals surface area contributed by atoms with E-state index in [1.54, 1.807) is 0 Å². The molecule has 1 aliphatic carbocycles. The average Bonchev–Trinajstić information content (AvgIpc) is 2.41. The van der Waals surface area contributed by atoms with E-state index in [4.69, 9.17) is 5.73 Å². The SMILES string of the molecule is NC1CCC(CNC(=O)c2ccc(F)c(F)c2)CC1. The van der Waals surface area contributed by atoms with Crippen LogP contribution >= 0.6 is 0 Å². The highest BCUT2D eigenvalue weighted by Crippen LogP contribution is 2.22. The molecule has 2 rings (SSSR count). The quantitative estimate of drug-likeness (QED) is 0.883. The molecule has 0 atom stereocenters. The van der Waals surface area contributed by atoms with Gasteiger partial charge in [-0.25, -0.2) is 8.78 Å². The first-order chi connectivity index (χ1) is 9.06. The summed E-state index contributed by atoms with van der Waals surface area (Å²) in [6.07, 6.45) is 3.95. The average molecular weight is 268 g/mol. The van der Waals surface area contributed by atoms with Gasteiger partial charge in [0.2, 0.25) is 0 Å². The minimum atomic E-state index is -1.00. The van der Waals surface area contributed by atoms with E-state index in [-0.39, 0.29) is 17.5 Å². The predicted molar refractivity (Wildman–Crippen MR) is 68.6 cm³/mol. The van der Waals surface area contributed by atoms with Crippen LogP contribution < -0.4 is 11.1 Å². The third-order valence-corrected chi connectivity index (χ3v) is 3.62. The summed E-state index contributed by atoms with van der Waals surface area (Å²) in [4.78, 5) is 11.8. The highest BCUT2D eigenvalue weighted by atomic mass is 19.2. The molecule has 1 amide bonds. The van der Waals surface area contributed by atoms with Gasteiger partial charge in [-0.05, 0) is 49.8 Å². The lowest BCUT2D eigenvalue weighted by Gasteiger charge is -2.26. The van der Waals surface area contributed by atoms with E-state index in [0.29, 0.717) is 12.5 Å². The van der Waals surface area contributed by atoms with Crippen molar-refractivity contribution in [2.24, 2.45) is 11.7 Å². The van der Waals surface area contributed by atoms with Crippen molar-refractivity contribution in [1.29, 1.82) is 0 Å². The van der Waals surface area contributed by atoms with Crippen LogP contribution in [0, 0.1) is 17.6 Å². The lowest BCUT2D eigenvalue weighted by atomic mass is 9.86. The summed E-state index contributed by atoms with van der Waals surface area (Å²) in [5.74, 6) is -1.89. The summed E-state index contributed by atoms with van der Waals surface area (Å²) in [7, 11) is 0. The molecule has 0 aliphatic heterocycles. The molecule has 104 valence electrons. The van der Waals surface area contributed by atoms with Crippen molar-refractivity contribution in [2.75, 3.05) is 6.54 Å². The van der Waals surface area contributed by atoms with Crippen LogP contribution in [0.15, 0.2) is 18.2 Å². The van der Waals surface area contributed by atoms with Crippen molar-refractivity contribution >= 4 is 5.91 Å². The molecule has 0 aromatic heterocycles. The van der Waals surface area contributed by atoms with E-state index >= 15 is 0 Å². The molecule has 1 aromatic rings. The van der Waals surface area contributed by atoms with Crippen molar-refractivity contribution in [3.63, 3.8) is 0 Å². The maximum atomic E-state index is 13.0. The summed E-state index contributed by atoms with van der Waals surface area (Å²) in [5, 5.41) is 2.76. The van der Waals surface area contributed by atoms with Crippen molar-refractivity contribution in [3.8, 4) is 0 Å². The minimum Gasteiger partial charge on any atom is -0.352 e. The number of rotatable bonds is 3. The summed E-state index contributed by atoms with van der Waals surface area (Å²) >= 11 is 0. The molecule has 3 nitrogen and oxygen atoms in total. The van der Waals surface area contributed by atoms with E-state index in [1.165, 1.54) is 6.07 Å². The minimum absolute atomic E-state index is 0.145. The maximum Gasteiger partial charge on any atom is 0.251 e. The first-order valence-electron chi connectivity index (χ1n) is 6.55. The molecule has 3 N–H and O–H groups in total. The molecule has 5 heteroatoms. The number of hydrogen-bond donors (Lipinski definition) is 2. The Bertz CT molecular complexity index is 457. The zero-order chi connectivity index (χ0) is 13.8. The van der Waals surface area contributed by atoms with E-state index in [2.05, 4.69) is 5.32 Å². The van der Waals surface area contributed by atoms with Crippen LogP contribution in [0.5, 0.6) is 0 Å². The van der Waals surface area contributed by atoms with E-state index in [9.17, 15) is 13.6 Å². The fourth-order valence-corrected chi connectivity index (χ4v) is 2.37. The highest BCUT2D eigenvalue weighted by Gasteiger charge is 2.19. The lowest BCUT2D eigenvalue weighted by Crippen LogP contribution is -2.34. The summed E-state index contributed by atoms with van der Waals surface area (Å²) < 4.78 is 25.8. The molecular weight excluding hydrogens is 250 g/mol. The topological polar surface area (TPSA) is 55.1 Å². The molecule has 0 unspecified atom stereocenters. The van der Waals surface area contributed by atoms with Gasteiger partial charge in [0.05, 0.1) is 0 Å². The second-order valence-electron chi connectivity index (χ2n) is 5.12. The fraction of sp³-hybridized carbons (Fsp3) is 0.500. The van der Waals surface area contributed by atoms with Crippen LogP contribution in [0.4, 0.5) is 8.78 Å². The van der Waals surface area contributed by atoms with Crippen molar-refractivity contribution < 1.29 is 13.6 Å². The molecule has 1 aromatic carbocycles. The van der Waals surface area contributed by atoms with Gasteiger partial charge in [-0.3, -0.25) is 4.79 Å². The number of carbonyl (C=O) groups is 1. The predicted octanol–water partition coefficient (Wildman–Crippen LogP) is 2.21. The number of benzene rings is 1. The van der Waals surface area contributed by atoms with Crippen LogP contribution in [0.25, 0.3) is 0 Å². The summed E-state index contributed by atoms with van der Waals surface area (Å²) in [6, 6.07) is 3.44. The molecule has 0 heterocycles. The maximum absolute atomic E-state index is 13.0. The molecular formula is C14H18F2N2O. The molecule has 0 spiro atoms. The third-order valence-electron chi connectivity index (χ3n) is 3.62. The van der Waals surface area contributed by atoms with E-state index < -0.39 is 11.6 Å². The Morgan fingerprint density at radius 3 is 2.53 bits per heavy atom. The van der Waals surface area contributed by atoms with Gasteiger partial charge in [-0.2, -0.15) is 0 Å². The van der Waals surface area contributed by atoms with Gasteiger partial charge in [0, 0.05) is 18.2 Å². The summed E-state index contributed by atoms with van der Waals surface area (Å²) in [5.41, 5.74) is 5.96. The zero-order valence-corrected chi connectivity index (χ0v) is 10.7. The largest absolute Gasteiger partial charge is 0.352 e. The Labute approximate surface area is 111 Å². The zero-order valence-electron chi connectivity index (χ0n) is 10.7. The van der Waals surface area contributed by atoms with E-state index in [0.717, 1.165) is 37.8 Å². The van der Waals surface area contributed by atoms with Gasteiger partial charge in [0.25, 0.3) is 5.91 Å². The van der Waals surface area contributed by atoms with Gasteiger partial charge < -0.3 is 11.1 Å². The van der Waals surface area contributed by atoms with Gasteiger partial charge in [-0.15, -0.1) is 0 Å². The number of halogens is 2. The van der Waals surface area contributed by atoms with Gasteiger partial charge in [-0.1, -0.05) is 0 Å². The highest BCUT2D eigenvalue weighted by molar-refractivity contribution is 5.94. The standard InChI is InChI=1S/C14H18F2N2O/c15-12-6-3-10(7-13(12)16)14(19)18-8-9-1-4-11(17)5-2-9/h3,6-7,9,11H,1-2,4-5,8,17H2,(H,18,19). The number of nitrogens with one attached hydrogen (secondary N) is 1. The molecule has 19 heavy (non-hydrogen) atoms. The smallest absolute Gasteiger partial charge is 0.251 e. The number of carbonyl (C=O) groups excluding carboxylic acids is 1. The van der Waals surface area contributed by atoms with Gasteiger partial charge in [0.15, 0.2) is 11.6 Å². The number of nitrogens with two attached hydrogens (primary N) is 1. The molecule has 1 fully saturated rings. The molecule has 0 radical (unpaired) electrons. The molecule has 1 saturated carbocycles.